The monoisotopic (exact) mass is 595 g/mol. The van der Waals surface area contributed by atoms with Gasteiger partial charge in [0.2, 0.25) is 0 Å². The number of aliphatic hydroxyl groups is 1. The normalized spacial score (nSPS) is 13.0. The number of rotatable bonds is 16. The van der Waals surface area contributed by atoms with Crippen molar-refractivity contribution >= 4 is 0 Å². The van der Waals surface area contributed by atoms with Crippen LogP contribution in [0.2, 0.25) is 0 Å². The van der Waals surface area contributed by atoms with E-state index in [4.69, 9.17) is 4.74 Å². The molecule has 0 heterocycles. The summed E-state index contributed by atoms with van der Waals surface area (Å²) in [4.78, 5) is 0. The van der Waals surface area contributed by atoms with Gasteiger partial charge in [-0.05, 0) is 71.3 Å². The Morgan fingerprint density at radius 1 is 0.600 bits per heavy atom. The summed E-state index contributed by atoms with van der Waals surface area (Å²) in [6.07, 6.45) is 1.61. The summed E-state index contributed by atoms with van der Waals surface area (Å²) in [5, 5.41) is 28.7. The molecule has 5 heteroatoms. The van der Waals surface area contributed by atoms with Crippen molar-refractivity contribution in [2.75, 3.05) is 0 Å². The van der Waals surface area contributed by atoms with Crippen molar-refractivity contribution in [1.29, 1.82) is 5.26 Å². The highest BCUT2D eigenvalue weighted by Crippen LogP contribution is 2.18. The third-order valence-electron chi connectivity index (χ3n) is 8.05. The number of nitrogens with one attached hydrogen (secondary N) is 2. The fraction of sp³-hybridized carbons (Fsp3) is 0.225. The van der Waals surface area contributed by atoms with E-state index in [0.717, 1.165) is 40.8 Å². The van der Waals surface area contributed by atoms with E-state index >= 15 is 0 Å². The third-order valence-corrected chi connectivity index (χ3v) is 8.05. The summed E-state index contributed by atoms with van der Waals surface area (Å²) in [6.45, 7) is 1.66. The molecule has 5 aromatic rings. The van der Waals surface area contributed by atoms with E-state index < -0.39 is 6.10 Å². The van der Waals surface area contributed by atoms with Gasteiger partial charge in [0.1, 0.15) is 12.4 Å². The summed E-state index contributed by atoms with van der Waals surface area (Å²) in [5.74, 6) is 0.820. The molecule has 5 rings (SSSR count). The van der Waals surface area contributed by atoms with Gasteiger partial charge in [-0.15, -0.1) is 0 Å². The molecule has 0 radical (unpaired) electrons. The first-order valence-corrected chi connectivity index (χ1v) is 15.6. The number of nitrogens with zero attached hydrogens (tertiary/aromatic N) is 1. The van der Waals surface area contributed by atoms with Crippen LogP contribution in [-0.2, 0) is 32.5 Å². The predicted molar refractivity (Wildman–Crippen MR) is 181 cm³/mol. The maximum atomic E-state index is 12.0. The van der Waals surface area contributed by atoms with Gasteiger partial charge >= 0.3 is 0 Å². The highest BCUT2D eigenvalue weighted by atomic mass is 16.5. The lowest BCUT2D eigenvalue weighted by molar-refractivity contribution is 0.0810. The molecule has 3 atom stereocenters. The Hall–Kier alpha value is -4.73. The van der Waals surface area contributed by atoms with Crippen LogP contribution in [0.1, 0.15) is 39.8 Å². The highest BCUT2D eigenvalue weighted by molar-refractivity contribution is 5.33. The molecule has 0 amide bonds. The fourth-order valence-corrected chi connectivity index (χ4v) is 5.56. The summed E-state index contributed by atoms with van der Waals surface area (Å²) in [6, 6.07) is 48.5. The molecular weight excluding hydrogens is 554 g/mol. The zero-order chi connectivity index (χ0) is 31.1. The molecule has 5 nitrogen and oxygen atoms in total. The molecule has 0 aliphatic carbocycles. The first-order chi connectivity index (χ1) is 22.2. The summed E-state index contributed by atoms with van der Waals surface area (Å²) >= 11 is 0. The Kier molecular flexibility index (Phi) is 11.9. The van der Waals surface area contributed by atoms with Crippen LogP contribution in [0, 0.1) is 11.3 Å². The molecule has 0 saturated carbocycles. The molecule has 3 N–H and O–H groups in total. The molecule has 0 aliphatic heterocycles. The summed E-state index contributed by atoms with van der Waals surface area (Å²) in [5.41, 5.74) is 6.27. The number of aliphatic hydroxyl groups excluding tert-OH is 1. The number of benzene rings is 5. The van der Waals surface area contributed by atoms with E-state index in [-0.39, 0.29) is 12.1 Å². The van der Waals surface area contributed by atoms with Crippen LogP contribution >= 0.6 is 0 Å². The highest BCUT2D eigenvalue weighted by Gasteiger charge is 2.28. The molecule has 0 aromatic heterocycles. The second-order valence-electron chi connectivity index (χ2n) is 11.4. The lowest BCUT2D eigenvalue weighted by Crippen LogP contribution is -2.52. The average Bonchev–Trinajstić information content (AvgIpc) is 3.10. The minimum absolute atomic E-state index is 0.183. The average molecular weight is 596 g/mol. The van der Waals surface area contributed by atoms with Crippen molar-refractivity contribution in [3.8, 4) is 11.8 Å². The number of nitriles is 1. The van der Waals surface area contributed by atoms with E-state index in [0.29, 0.717) is 31.7 Å². The summed E-state index contributed by atoms with van der Waals surface area (Å²) in [7, 11) is 0. The lowest BCUT2D eigenvalue weighted by Gasteiger charge is -2.32. The SMILES string of the molecule is N#Cc1cccc(CN[C@H](CCc2ccccc2)[C@@H](O)[C@@H](Cc2ccccc2)NCc2cccc(OCc3ccccc3)c2)c1. The molecule has 0 spiro atoms. The van der Waals surface area contributed by atoms with Gasteiger partial charge in [0.25, 0.3) is 0 Å². The minimum Gasteiger partial charge on any atom is -0.489 e. The molecule has 228 valence electrons. The number of ether oxygens (including phenoxy) is 1. The number of aryl methyl sites for hydroxylation is 1. The zero-order valence-electron chi connectivity index (χ0n) is 25.6. The molecule has 5 aromatic carbocycles. The van der Waals surface area contributed by atoms with E-state index in [2.05, 4.69) is 77.4 Å². The van der Waals surface area contributed by atoms with Crippen LogP contribution < -0.4 is 15.4 Å². The van der Waals surface area contributed by atoms with Gasteiger partial charge in [-0.2, -0.15) is 5.26 Å². The molecule has 0 fully saturated rings. The van der Waals surface area contributed by atoms with Crippen molar-refractivity contribution in [1.82, 2.24) is 10.6 Å². The van der Waals surface area contributed by atoms with E-state index in [1.165, 1.54) is 5.56 Å². The standard InChI is InChI=1S/C40H41N3O2/c41-27-34-18-10-19-35(24-34)28-42-38(23-22-31-12-4-1-5-13-31)40(44)39(26-32-14-6-2-7-15-32)43-29-36-20-11-21-37(25-36)45-30-33-16-8-3-9-17-33/h1-21,24-25,38-40,42-44H,22-23,26,28-30H2/t38-,39-,40-/m1/s1. The van der Waals surface area contributed by atoms with Crippen molar-refractivity contribution < 1.29 is 9.84 Å². The molecule has 0 bridgehead atoms. The third kappa shape index (κ3) is 10.2. The number of hydrogen-bond donors (Lipinski definition) is 3. The van der Waals surface area contributed by atoms with Crippen molar-refractivity contribution in [3.63, 3.8) is 0 Å². The number of hydrogen-bond acceptors (Lipinski definition) is 5. The van der Waals surface area contributed by atoms with E-state index in [9.17, 15) is 10.4 Å². The quantitative estimate of drug-likeness (QED) is 0.115. The van der Waals surface area contributed by atoms with Crippen LogP contribution in [0.3, 0.4) is 0 Å². The second kappa shape index (κ2) is 16.9. The van der Waals surface area contributed by atoms with Crippen molar-refractivity contribution in [2.45, 2.75) is 57.1 Å². The second-order valence-corrected chi connectivity index (χ2v) is 11.4. The Morgan fingerprint density at radius 2 is 1.16 bits per heavy atom. The van der Waals surface area contributed by atoms with Gasteiger partial charge < -0.3 is 20.5 Å². The molecule has 45 heavy (non-hydrogen) atoms. The van der Waals surface area contributed by atoms with Crippen LogP contribution in [0.5, 0.6) is 5.75 Å². The first-order valence-electron chi connectivity index (χ1n) is 15.6. The Balaban J connectivity index is 1.31. The largest absolute Gasteiger partial charge is 0.489 e. The lowest BCUT2D eigenvalue weighted by atomic mass is 9.92. The Bertz CT molecular complexity index is 1620. The first kappa shape index (κ1) is 31.7. The van der Waals surface area contributed by atoms with Gasteiger partial charge in [-0.1, -0.05) is 115 Å². The van der Waals surface area contributed by atoms with Gasteiger partial charge in [0.15, 0.2) is 0 Å². The Labute approximate surface area is 267 Å². The maximum absolute atomic E-state index is 12.0. The molecule has 0 aliphatic rings. The van der Waals surface area contributed by atoms with Gasteiger partial charge in [-0.25, -0.2) is 0 Å². The smallest absolute Gasteiger partial charge is 0.120 e. The fourth-order valence-electron chi connectivity index (χ4n) is 5.56. The van der Waals surface area contributed by atoms with Crippen molar-refractivity contribution in [2.24, 2.45) is 0 Å². The van der Waals surface area contributed by atoms with Gasteiger partial charge in [-0.3, -0.25) is 0 Å². The van der Waals surface area contributed by atoms with Crippen LogP contribution in [-0.4, -0.2) is 23.3 Å². The zero-order valence-corrected chi connectivity index (χ0v) is 25.6. The Morgan fingerprint density at radius 3 is 1.82 bits per heavy atom. The van der Waals surface area contributed by atoms with Crippen LogP contribution in [0.25, 0.3) is 0 Å². The molecular formula is C40H41N3O2. The van der Waals surface area contributed by atoms with E-state index in [1.807, 2.05) is 78.9 Å². The molecule has 0 saturated heterocycles. The maximum Gasteiger partial charge on any atom is 0.120 e. The van der Waals surface area contributed by atoms with Gasteiger partial charge in [0, 0.05) is 25.2 Å². The predicted octanol–water partition coefficient (Wildman–Crippen LogP) is 6.99. The van der Waals surface area contributed by atoms with Crippen LogP contribution in [0.15, 0.2) is 140 Å². The molecule has 0 unspecified atom stereocenters. The summed E-state index contributed by atoms with van der Waals surface area (Å²) < 4.78 is 6.08. The van der Waals surface area contributed by atoms with E-state index in [1.54, 1.807) is 0 Å². The van der Waals surface area contributed by atoms with Crippen molar-refractivity contribution in [3.05, 3.63) is 173 Å². The topological polar surface area (TPSA) is 77.3 Å². The van der Waals surface area contributed by atoms with Gasteiger partial charge in [0.05, 0.1) is 17.7 Å². The van der Waals surface area contributed by atoms with Crippen LogP contribution in [0.4, 0.5) is 0 Å². The minimum atomic E-state index is -0.675.